The summed E-state index contributed by atoms with van der Waals surface area (Å²) in [6.45, 7) is 3.06. The molecule has 1 saturated heterocycles. The number of aromatic amines is 1. The number of rotatable bonds is 5. The quantitative estimate of drug-likeness (QED) is 0.876. The lowest BCUT2D eigenvalue weighted by molar-refractivity contribution is 0.251. The van der Waals surface area contributed by atoms with E-state index < -0.39 is 0 Å². The van der Waals surface area contributed by atoms with Crippen molar-refractivity contribution in [2.75, 3.05) is 19.7 Å². The maximum absolute atomic E-state index is 5.77. The van der Waals surface area contributed by atoms with Crippen molar-refractivity contribution in [3.63, 3.8) is 0 Å². The van der Waals surface area contributed by atoms with Crippen LogP contribution in [-0.4, -0.2) is 34.9 Å². The molecule has 2 N–H and O–H groups in total. The zero-order valence-corrected chi connectivity index (χ0v) is 11.5. The molecule has 0 bridgehead atoms. The molecule has 0 spiro atoms. The van der Waals surface area contributed by atoms with Crippen LogP contribution in [0, 0.1) is 5.92 Å². The van der Waals surface area contributed by atoms with Crippen molar-refractivity contribution in [3.8, 4) is 17.1 Å². The van der Waals surface area contributed by atoms with Crippen LogP contribution >= 0.6 is 0 Å². The van der Waals surface area contributed by atoms with Gasteiger partial charge in [-0.3, -0.25) is 10.1 Å². The van der Waals surface area contributed by atoms with Gasteiger partial charge in [0.2, 0.25) is 0 Å². The van der Waals surface area contributed by atoms with Crippen LogP contribution < -0.4 is 10.1 Å². The number of H-pyrrole nitrogens is 1. The first-order valence-electron chi connectivity index (χ1n) is 7.21. The summed E-state index contributed by atoms with van der Waals surface area (Å²) in [4.78, 5) is 4.38. The van der Waals surface area contributed by atoms with E-state index in [9.17, 15) is 0 Å². The molecule has 2 aromatic rings. The molecule has 0 aliphatic carbocycles. The fraction of sp³-hybridized carbons (Fsp3) is 0.467. The Morgan fingerprint density at radius 2 is 2.10 bits per heavy atom. The summed E-state index contributed by atoms with van der Waals surface area (Å²) in [7, 11) is 0. The SMILES string of the molecule is c1cc(-c2ccc(OCCC3CCNCC3)cn2)[nH]n1. The maximum Gasteiger partial charge on any atom is 0.137 e. The summed E-state index contributed by atoms with van der Waals surface area (Å²) in [5.74, 6) is 1.63. The topological polar surface area (TPSA) is 62.8 Å². The molecule has 0 aromatic carbocycles. The molecule has 1 aliphatic heterocycles. The Morgan fingerprint density at radius 3 is 2.80 bits per heavy atom. The van der Waals surface area contributed by atoms with Gasteiger partial charge >= 0.3 is 0 Å². The normalized spacial score (nSPS) is 16.2. The molecule has 1 fully saturated rings. The van der Waals surface area contributed by atoms with Gasteiger partial charge in [-0.2, -0.15) is 5.10 Å². The van der Waals surface area contributed by atoms with Gasteiger partial charge in [0, 0.05) is 6.20 Å². The number of nitrogens with one attached hydrogen (secondary N) is 2. The molecule has 5 nitrogen and oxygen atoms in total. The van der Waals surface area contributed by atoms with Gasteiger partial charge < -0.3 is 10.1 Å². The highest BCUT2D eigenvalue weighted by atomic mass is 16.5. The van der Waals surface area contributed by atoms with Crippen molar-refractivity contribution in [1.82, 2.24) is 20.5 Å². The molecular formula is C15H20N4O. The Kier molecular flexibility index (Phi) is 4.28. The number of hydrogen-bond acceptors (Lipinski definition) is 4. The first kappa shape index (κ1) is 13.1. The Labute approximate surface area is 118 Å². The van der Waals surface area contributed by atoms with E-state index in [0.717, 1.165) is 49.2 Å². The van der Waals surface area contributed by atoms with E-state index >= 15 is 0 Å². The largest absolute Gasteiger partial charge is 0.492 e. The van der Waals surface area contributed by atoms with Crippen LogP contribution in [-0.2, 0) is 0 Å². The van der Waals surface area contributed by atoms with E-state index in [-0.39, 0.29) is 0 Å². The Balaban J connectivity index is 1.48. The maximum atomic E-state index is 5.77. The van der Waals surface area contributed by atoms with Crippen LogP contribution in [0.25, 0.3) is 11.4 Å². The van der Waals surface area contributed by atoms with Gasteiger partial charge in [-0.05, 0) is 56.5 Å². The Morgan fingerprint density at radius 1 is 1.20 bits per heavy atom. The highest BCUT2D eigenvalue weighted by molar-refractivity contribution is 5.53. The van der Waals surface area contributed by atoms with Gasteiger partial charge in [0.15, 0.2) is 0 Å². The number of nitrogens with zero attached hydrogens (tertiary/aromatic N) is 2. The van der Waals surface area contributed by atoms with Crippen molar-refractivity contribution in [3.05, 3.63) is 30.6 Å². The molecule has 0 unspecified atom stereocenters. The van der Waals surface area contributed by atoms with E-state index in [1.54, 1.807) is 12.4 Å². The van der Waals surface area contributed by atoms with Gasteiger partial charge in [-0.1, -0.05) is 0 Å². The lowest BCUT2D eigenvalue weighted by atomic mass is 9.95. The highest BCUT2D eigenvalue weighted by Crippen LogP contribution is 2.19. The molecule has 106 valence electrons. The first-order chi connectivity index (χ1) is 9.92. The standard InChI is InChI=1S/C15H20N4O/c1-2-14(15-5-9-18-19-15)17-11-13(1)20-10-6-12-3-7-16-8-4-12/h1-2,5,9,11-12,16H,3-4,6-8,10H2,(H,18,19). The van der Waals surface area contributed by atoms with E-state index in [1.165, 1.54) is 12.8 Å². The van der Waals surface area contributed by atoms with Crippen molar-refractivity contribution >= 4 is 0 Å². The lowest BCUT2D eigenvalue weighted by Gasteiger charge is -2.22. The molecular weight excluding hydrogens is 252 g/mol. The molecule has 0 radical (unpaired) electrons. The Hall–Kier alpha value is -1.88. The minimum atomic E-state index is 0.774. The molecule has 0 amide bonds. The first-order valence-corrected chi connectivity index (χ1v) is 7.21. The molecule has 2 aromatic heterocycles. The predicted molar refractivity (Wildman–Crippen MR) is 77.5 cm³/mol. The van der Waals surface area contributed by atoms with Crippen molar-refractivity contribution in [2.45, 2.75) is 19.3 Å². The fourth-order valence-corrected chi connectivity index (χ4v) is 2.54. The number of aromatic nitrogens is 3. The van der Waals surface area contributed by atoms with Crippen molar-refractivity contribution < 1.29 is 4.74 Å². The van der Waals surface area contributed by atoms with Crippen LogP contribution in [0.3, 0.4) is 0 Å². The predicted octanol–water partition coefficient (Wildman–Crippen LogP) is 2.24. The fourth-order valence-electron chi connectivity index (χ4n) is 2.54. The minimum absolute atomic E-state index is 0.774. The van der Waals surface area contributed by atoms with Gasteiger partial charge in [-0.15, -0.1) is 0 Å². The van der Waals surface area contributed by atoms with Crippen LogP contribution in [0.2, 0.25) is 0 Å². The summed E-state index contributed by atoms with van der Waals surface area (Å²) < 4.78 is 5.77. The summed E-state index contributed by atoms with van der Waals surface area (Å²) in [6.07, 6.45) is 7.16. The average Bonchev–Trinajstić information content (AvgIpc) is 3.03. The number of ether oxygens (including phenoxy) is 1. The summed E-state index contributed by atoms with van der Waals surface area (Å²) >= 11 is 0. The summed E-state index contributed by atoms with van der Waals surface area (Å²) in [6, 6.07) is 5.82. The lowest BCUT2D eigenvalue weighted by Crippen LogP contribution is -2.28. The molecule has 3 heterocycles. The van der Waals surface area contributed by atoms with E-state index in [1.807, 2.05) is 18.2 Å². The van der Waals surface area contributed by atoms with Gasteiger partial charge in [0.25, 0.3) is 0 Å². The smallest absolute Gasteiger partial charge is 0.137 e. The number of pyridine rings is 1. The van der Waals surface area contributed by atoms with Crippen molar-refractivity contribution in [1.29, 1.82) is 0 Å². The zero-order chi connectivity index (χ0) is 13.6. The molecule has 20 heavy (non-hydrogen) atoms. The number of hydrogen-bond donors (Lipinski definition) is 2. The average molecular weight is 272 g/mol. The number of piperidine rings is 1. The highest BCUT2D eigenvalue weighted by Gasteiger charge is 2.12. The third-order valence-electron chi connectivity index (χ3n) is 3.77. The minimum Gasteiger partial charge on any atom is -0.492 e. The summed E-state index contributed by atoms with van der Waals surface area (Å²) in [5.41, 5.74) is 1.81. The Bertz CT molecular complexity index is 503. The molecule has 5 heteroatoms. The van der Waals surface area contributed by atoms with Gasteiger partial charge in [0.1, 0.15) is 5.75 Å². The second-order valence-corrected chi connectivity index (χ2v) is 5.18. The molecule has 0 atom stereocenters. The van der Waals surface area contributed by atoms with E-state index in [4.69, 9.17) is 4.74 Å². The summed E-state index contributed by atoms with van der Waals surface area (Å²) in [5, 5.41) is 10.2. The van der Waals surface area contributed by atoms with Crippen LogP contribution in [0.1, 0.15) is 19.3 Å². The second kappa shape index (κ2) is 6.52. The van der Waals surface area contributed by atoms with Gasteiger partial charge in [0.05, 0.1) is 24.2 Å². The van der Waals surface area contributed by atoms with Crippen molar-refractivity contribution in [2.24, 2.45) is 5.92 Å². The zero-order valence-electron chi connectivity index (χ0n) is 11.5. The monoisotopic (exact) mass is 272 g/mol. The third-order valence-corrected chi connectivity index (χ3v) is 3.77. The molecule has 1 aliphatic rings. The third kappa shape index (κ3) is 3.36. The van der Waals surface area contributed by atoms with Crippen LogP contribution in [0.4, 0.5) is 0 Å². The second-order valence-electron chi connectivity index (χ2n) is 5.18. The molecule has 3 rings (SSSR count). The van der Waals surface area contributed by atoms with Crippen LogP contribution in [0.15, 0.2) is 30.6 Å². The molecule has 0 saturated carbocycles. The van der Waals surface area contributed by atoms with Crippen LogP contribution in [0.5, 0.6) is 5.75 Å². The van der Waals surface area contributed by atoms with E-state index in [0.29, 0.717) is 0 Å². The van der Waals surface area contributed by atoms with Gasteiger partial charge in [-0.25, -0.2) is 0 Å². The van der Waals surface area contributed by atoms with E-state index in [2.05, 4.69) is 20.5 Å².